The van der Waals surface area contributed by atoms with E-state index >= 15 is 0 Å². The van der Waals surface area contributed by atoms with Crippen LogP contribution in [0.1, 0.15) is 87.2 Å². The van der Waals surface area contributed by atoms with Gasteiger partial charge in [-0.15, -0.1) is 0 Å². The fourth-order valence-electron chi connectivity index (χ4n) is 8.77. The van der Waals surface area contributed by atoms with Crippen molar-refractivity contribution in [2.45, 2.75) is 107 Å². The molecule has 2 aliphatic heterocycles. The lowest BCUT2D eigenvalue weighted by molar-refractivity contribution is 0.0996. The van der Waals surface area contributed by atoms with Gasteiger partial charge in [0.2, 0.25) is 0 Å². The number of nitrogens with one attached hydrogen (secondary N) is 1. The summed E-state index contributed by atoms with van der Waals surface area (Å²) in [4.78, 5) is 20.3. The molecule has 2 saturated heterocycles. The minimum Gasteiger partial charge on any atom is -0.445 e. The van der Waals surface area contributed by atoms with E-state index < -0.39 is 0 Å². The van der Waals surface area contributed by atoms with E-state index in [0.29, 0.717) is 24.7 Å². The summed E-state index contributed by atoms with van der Waals surface area (Å²) in [5.41, 5.74) is 5.08. The Morgan fingerprint density at radius 3 is 2.25 bits per heavy atom. The van der Waals surface area contributed by atoms with Gasteiger partial charge in [0.25, 0.3) is 0 Å². The number of carbonyl (C=O) groups excluding carboxylic acids is 1. The number of benzene rings is 3. The van der Waals surface area contributed by atoms with Crippen LogP contribution in [0.25, 0.3) is 11.0 Å². The molecular weight excluding hydrogens is 544 g/mol. The number of carbonyl (C=O) groups is 1. The SMILES string of the molecule is Cc1nc2ccccc2n1C1CC2CCC(C1)N2CCCC1(c2ccccc2)CCC(NC(=O)OCc2ccccc2)CC1. The van der Waals surface area contributed by atoms with Gasteiger partial charge in [-0.05, 0) is 106 Å². The Morgan fingerprint density at radius 1 is 0.864 bits per heavy atom. The summed E-state index contributed by atoms with van der Waals surface area (Å²) in [5.74, 6) is 1.16. The molecule has 0 spiro atoms. The number of para-hydroxylation sites is 2. The molecule has 1 saturated carbocycles. The number of fused-ring (bicyclic) bond motifs is 3. The number of hydrogen-bond donors (Lipinski definition) is 1. The molecule has 230 valence electrons. The molecule has 6 nitrogen and oxygen atoms in total. The van der Waals surface area contributed by atoms with E-state index in [1.165, 1.54) is 56.1 Å². The summed E-state index contributed by atoms with van der Waals surface area (Å²) in [6.45, 7) is 3.67. The van der Waals surface area contributed by atoms with E-state index in [9.17, 15) is 4.79 Å². The highest BCUT2D eigenvalue weighted by Gasteiger charge is 2.42. The quantitative estimate of drug-likeness (QED) is 0.214. The fourth-order valence-corrected chi connectivity index (χ4v) is 8.77. The molecule has 1 N–H and O–H groups in total. The van der Waals surface area contributed by atoms with Crippen molar-refractivity contribution in [2.24, 2.45) is 0 Å². The van der Waals surface area contributed by atoms with Crippen LogP contribution in [-0.4, -0.2) is 45.2 Å². The molecule has 0 radical (unpaired) electrons. The number of hydrogen-bond acceptors (Lipinski definition) is 4. The fraction of sp³-hybridized carbons (Fsp3) is 0.474. The lowest BCUT2D eigenvalue weighted by atomic mass is 9.65. The number of piperidine rings is 1. The van der Waals surface area contributed by atoms with Gasteiger partial charge in [0.15, 0.2) is 0 Å². The average molecular weight is 591 g/mol. The molecule has 1 aromatic heterocycles. The summed E-state index contributed by atoms with van der Waals surface area (Å²) in [5, 5.41) is 3.16. The van der Waals surface area contributed by atoms with Gasteiger partial charge >= 0.3 is 6.09 Å². The Labute approximate surface area is 261 Å². The molecule has 7 rings (SSSR count). The molecule has 3 aromatic carbocycles. The van der Waals surface area contributed by atoms with Gasteiger partial charge in [0.05, 0.1) is 11.0 Å². The van der Waals surface area contributed by atoms with E-state index in [-0.39, 0.29) is 17.6 Å². The summed E-state index contributed by atoms with van der Waals surface area (Å²) in [6, 6.07) is 31.7. The monoisotopic (exact) mass is 590 g/mol. The number of rotatable bonds is 9. The molecule has 1 amide bonds. The highest BCUT2D eigenvalue weighted by Crippen LogP contribution is 2.45. The highest BCUT2D eigenvalue weighted by atomic mass is 16.5. The van der Waals surface area contributed by atoms with Crippen molar-refractivity contribution in [1.29, 1.82) is 0 Å². The molecule has 2 bridgehead atoms. The van der Waals surface area contributed by atoms with Crippen molar-refractivity contribution < 1.29 is 9.53 Å². The zero-order valence-electron chi connectivity index (χ0n) is 26.0. The number of alkyl carbamates (subject to hydrolysis) is 1. The topological polar surface area (TPSA) is 59.4 Å². The number of aryl methyl sites for hydroxylation is 1. The normalized spacial score (nSPS) is 26.9. The number of imidazole rings is 1. The highest BCUT2D eigenvalue weighted by molar-refractivity contribution is 5.76. The van der Waals surface area contributed by atoms with Crippen LogP contribution >= 0.6 is 0 Å². The Bertz CT molecular complexity index is 1530. The summed E-state index contributed by atoms with van der Waals surface area (Å²) >= 11 is 0. The third-order valence-corrected chi connectivity index (χ3v) is 10.9. The Hall–Kier alpha value is -3.64. The third kappa shape index (κ3) is 6.01. The summed E-state index contributed by atoms with van der Waals surface area (Å²) < 4.78 is 8.06. The van der Waals surface area contributed by atoms with Crippen LogP contribution in [0.3, 0.4) is 0 Å². The second kappa shape index (κ2) is 12.8. The maximum atomic E-state index is 12.6. The van der Waals surface area contributed by atoms with Crippen LogP contribution < -0.4 is 5.32 Å². The molecular formula is C38H46N4O2. The van der Waals surface area contributed by atoms with Gasteiger partial charge in [-0.3, -0.25) is 4.90 Å². The predicted molar refractivity (Wildman–Crippen MR) is 176 cm³/mol. The largest absolute Gasteiger partial charge is 0.445 e. The van der Waals surface area contributed by atoms with E-state index in [0.717, 1.165) is 42.6 Å². The molecule has 1 aliphatic carbocycles. The van der Waals surface area contributed by atoms with Crippen LogP contribution in [0.2, 0.25) is 0 Å². The van der Waals surface area contributed by atoms with Crippen molar-refractivity contribution in [3.05, 3.63) is 102 Å². The van der Waals surface area contributed by atoms with Crippen LogP contribution in [0, 0.1) is 6.92 Å². The van der Waals surface area contributed by atoms with Crippen molar-refractivity contribution in [1.82, 2.24) is 19.8 Å². The standard InChI is InChI=1S/C38H46N4O2/c1-28-39-35-15-8-9-16-36(35)42(28)34-25-32-17-18-33(26-34)41(32)24-10-21-38(30-13-6-3-7-14-30)22-19-31(20-23-38)40-37(43)44-27-29-11-4-2-5-12-29/h2-9,11-16,31-34H,10,17-27H2,1H3,(H,40,43). The lowest BCUT2D eigenvalue weighted by Gasteiger charge is -2.43. The molecule has 3 heterocycles. The smallest absolute Gasteiger partial charge is 0.407 e. The van der Waals surface area contributed by atoms with Gasteiger partial charge in [-0.25, -0.2) is 9.78 Å². The predicted octanol–water partition coefficient (Wildman–Crippen LogP) is 8.10. The van der Waals surface area contributed by atoms with Gasteiger partial charge in [0.1, 0.15) is 12.4 Å². The average Bonchev–Trinajstić information content (AvgIpc) is 3.51. The first-order chi connectivity index (χ1) is 21.6. The van der Waals surface area contributed by atoms with E-state index in [1.54, 1.807) is 0 Å². The second-order valence-electron chi connectivity index (χ2n) is 13.5. The maximum Gasteiger partial charge on any atom is 0.407 e. The van der Waals surface area contributed by atoms with Crippen molar-refractivity contribution >= 4 is 17.1 Å². The number of amides is 1. The minimum atomic E-state index is -0.302. The molecule has 3 aliphatic rings. The Morgan fingerprint density at radius 2 is 1.52 bits per heavy atom. The molecule has 2 unspecified atom stereocenters. The van der Waals surface area contributed by atoms with E-state index in [4.69, 9.17) is 9.72 Å². The van der Waals surface area contributed by atoms with Crippen LogP contribution in [0.5, 0.6) is 0 Å². The first kappa shape index (κ1) is 29.1. The Balaban J connectivity index is 0.954. The molecule has 2 atom stereocenters. The number of nitrogens with zero attached hydrogens (tertiary/aromatic N) is 3. The summed E-state index contributed by atoms with van der Waals surface area (Å²) in [7, 11) is 0. The van der Waals surface area contributed by atoms with E-state index in [2.05, 4.69) is 76.3 Å². The zero-order valence-corrected chi connectivity index (χ0v) is 26.0. The molecule has 3 fully saturated rings. The maximum absolute atomic E-state index is 12.6. The van der Waals surface area contributed by atoms with Gasteiger partial charge in [-0.2, -0.15) is 0 Å². The molecule has 44 heavy (non-hydrogen) atoms. The number of aromatic nitrogens is 2. The summed E-state index contributed by atoms with van der Waals surface area (Å²) in [6.07, 6.45) is 11.4. The first-order valence-electron chi connectivity index (χ1n) is 16.8. The van der Waals surface area contributed by atoms with Crippen molar-refractivity contribution in [3.8, 4) is 0 Å². The molecule has 4 aromatic rings. The lowest BCUT2D eigenvalue weighted by Crippen LogP contribution is -2.45. The third-order valence-electron chi connectivity index (χ3n) is 10.9. The van der Waals surface area contributed by atoms with Crippen LogP contribution in [-0.2, 0) is 16.8 Å². The molecule has 6 heteroatoms. The first-order valence-corrected chi connectivity index (χ1v) is 16.8. The minimum absolute atomic E-state index is 0.174. The number of ether oxygens (including phenoxy) is 1. The van der Waals surface area contributed by atoms with Crippen molar-refractivity contribution in [3.63, 3.8) is 0 Å². The van der Waals surface area contributed by atoms with Gasteiger partial charge in [-0.1, -0.05) is 72.8 Å². The van der Waals surface area contributed by atoms with Crippen molar-refractivity contribution in [2.75, 3.05) is 6.54 Å². The van der Waals surface area contributed by atoms with Crippen LogP contribution in [0.4, 0.5) is 4.79 Å². The van der Waals surface area contributed by atoms with Gasteiger partial charge in [0, 0.05) is 24.2 Å². The van der Waals surface area contributed by atoms with Crippen LogP contribution in [0.15, 0.2) is 84.9 Å². The zero-order chi connectivity index (χ0) is 29.9. The Kier molecular flexibility index (Phi) is 8.44. The second-order valence-corrected chi connectivity index (χ2v) is 13.5. The van der Waals surface area contributed by atoms with E-state index in [1.807, 2.05) is 30.3 Å². The van der Waals surface area contributed by atoms with Gasteiger partial charge < -0.3 is 14.6 Å².